The van der Waals surface area contributed by atoms with Gasteiger partial charge in [0.1, 0.15) is 5.75 Å². The quantitative estimate of drug-likeness (QED) is 0.325. The molecule has 0 spiro atoms. The normalized spacial score (nSPS) is 40.6. The van der Waals surface area contributed by atoms with Gasteiger partial charge in [-0.3, -0.25) is 4.79 Å². The molecule has 4 aliphatic carbocycles. The molecule has 9 atom stereocenters. The van der Waals surface area contributed by atoms with Gasteiger partial charge in [-0.1, -0.05) is 43.6 Å². The van der Waals surface area contributed by atoms with Crippen LogP contribution in [0.25, 0.3) is 0 Å². The van der Waals surface area contributed by atoms with Crippen LogP contribution in [0.5, 0.6) is 5.75 Å². The highest BCUT2D eigenvalue weighted by Crippen LogP contribution is 2.65. The first-order valence-electron chi connectivity index (χ1n) is 17.7. The maximum absolute atomic E-state index is 12.9. The maximum atomic E-state index is 12.9. The fourth-order valence-corrected chi connectivity index (χ4v) is 10.8. The number of oxime groups is 1. The number of nitrogens with one attached hydrogen (secondary N) is 1. The Bertz CT molecular complexity index is 1290. The van der Waals surface area contributed by atoms with Crippen molar-refractivity contribution in [3.8, 4) is 5.75 Å². The molecular formula is C38H57N3O4. The predicted molar refractivity (Wildman–Crippen MR) is 179 cm³/mol. The van der Waals surface area contributed by atoms with Gasteiger partial charge in [-0.05, 0) is 136 Å². The Morgan fingerprint density at radius 3 is 2.60 bits per heavy atom. The van der Waals surface area contributed by atoms with Crippen molar-refractivity contribution >= 4 is 11.6 Å². The van der Waals surface area contributed by atoms with E-state index >= 15 is 0 Å². The highest BCUT2D eigenvalue weighted by molar-refractivity contribution is 5.96. The van der Waals surface area contributed by atoms with E-state index in [-0.39, 0.29) is 34.9 Å². The average molecular weight is 620 g/mol. The van der Waals surface area contributed by atoms with Crippen LogP contribution in [-0.4, -0.2) is 67.6 Å². The van der Waals surface area contributed by atoms with Crippen molar-refractivity contribution in [2.45, 2.75) is 109 Å². The Kier molecular flexibility index (Phi) is 9.17. The van der Waals surface area contributed by atoms with Crippen molar-refractivity contribution in [2.24, 2.45) is 39.7 Å². The summed E-state index contributed by atoms with van der Waals surface area (Å²) in [5, 5.41) is 18.4. The molecule has 45 heavy (non-hydrogen) atoms. The lowest BCUT2D eigenvalue weighted by Crippen LogP contribution is -2.52. The Morgan fingerprint density at radius 2 is 1.84 bits per heavy atom. The van der Waals surface area contributed by atoms with Gasteiger partial charge >= 0.3 is 0 Å². The summed E-state index contributed by atoms with van der Waals surface area (Å²) in [5.41, 5.74) is 4.14. The van der Waals surface area contributed by atoms with E-state index in [1.165, 1.54) is 30.4 Å². The number of benzene rings is 1. The molecule has 0 bridgehead atoms. The smallest absolute Gasteiger partial charge is 0.260 e. The summed E-state index contributed by atoms with van der Waals surface area (Å²) in [6, 6.07) is 8.98. The van der Waals surface area contributed by atoms with Crippen LogP contribution in [0.2, 0.25) is 0 Å². The Balaban J connectivity index is 1.04. The number of methoxy groups -OCH3 is 1. The van der Waals surface area contributed by atoms with E-state index in [1.54, 1.807) is 7.11 Å². The third kappa shape index (κ3) is 5.86. The first kappa shape index (κ1) is 32.6. The number of fused-ring (bicyclic) bond motifs is 5. The van der Waals surface area contributed by atoms with Crippen molar-refractivity contribution < 1.29 is 19.5 Å². The summed E-state index contributed by atoms with van der Waals surface area (Å²) in [7, 11) is 3.91. The van der Waals surface area contributed by atoms with E-state index in [9.17, 15) is 9.90 Å². The third-order valence-electron chi connectivity index (χ3n) is 13.8. The molecule has 1 amide bonds. The third-order valence-corrected chi connectivity index (χ3v) is 13.8. The number of likely N-dealkylation sites (tertiary alicyclic amines) is 1. The van der Waals surface area contributed by atoms with E-state index in [2.05, 4.69) is 80.5 Å². The van der Waals surface area contributed by atoms with E-state index in [0.29, 0.717) is 30.3 Å². The highest BCUT2D eigenvalue weighted by atomic mass is 16.6. The summed E-state index contributed by atoms with van der Waals surface area (Å²) >= 11 is 0. The Hall–Kier alpha value is -2.38. The number of amides is 1. The van der Waals surface area contributed by atoms with E-state index in [4.69, 9.17) is 9.57 Å². The molecule has 0 unspecified atom stereocenters. The molecule has 1 aromatic rings. The summed E-state index contributed by atoms with van der Waals surface area (Å²) < 4.78 is 5.42. The van der Waals surface area contributed by atoms with Crippen LogP contribution in [-0.2, 0) is 15.0 Å². The Labute approximate surface area is 271 Å². The monoisotopic (exact) mass is 619 g/mol. The molecule has 6 rings (SSSR count). The number of rotatable bonds is 8. The SMILES string of the molecule is COc1ccc([C@]2(CCNC(=O)CON=C3C=C4CC[C@H]5[C@@H]6CC[C@@H](O)[C@@]6(C)CC[C@@H]5[C@@]4(C)CC3)C[C@H](C)N(C)C[C@H]2C)cc1. The highest BCUT2D eigenvalue weighted by Gasteiger charge is 2.58. The summed E-state index contributed by atoms with van der Waals surface area (Å²) in [6.07, 6.45) is 13.0. The molecule has 1 saturated heterocycles. The fourth-order valence-electron chi connectivity index (χ4n) is 10.8. The topological polar surface area (TPSA) is 83.4 Å². The number of ether oxygens (including phenoxy) is 1. The minimum Gasteiger partial charge on any atom is -0.497 e. The second kappa shape index (κ2) is 12.7. The van der Waals surface area contributed by atoms with Crippen LogP contribution < -0.4 is 10.1 Å². The van der Waals surface area contributed by atoms with Gasteiger partial charge in [-0.25, -0.2) is 0 Å². The standard InChI is InChI=1S/C38H57N3O4/c1-25-23-41(5)26(2)22-38(25,27-7-10-30(44-6)11-8-27)19-20-39-35(43)24-45-40-29-15-17-36(3)28(21-29)9-12-31-32-13-14-34(42)37(32,4)18-16-33(31)36/h7-8,10-11,21,25-26,31-34,42H,9,12-20,22-24H2,1-6H3,(H,39,43)/t25-,26+,31+,32+,33+,34-,36+,37+,38-/m1/s1. The van der Waals surface area contributed by atoms with Crippen molar-refractivity contribution in [3.63, 3.8) is 0 Å². The van der Waals surface area contributed by atoms with E-state index in [0.717, 1.165) is 68.9 Å². The number of allylic oxidation sites excluding steroid dienone is 2. The lowest BCUT2D eigenvalue weighted by atomic mass is 9.47. The van der Waals surface area contributed by atoms with Crippen LogP contribution in [0.15, 0.2) is 41.1 Å². The second-order valence-electron chi connectivity index (χ2n) is 15.9. The molecule has 7 nitrogen and oxygen atoms in total. The molecule has 3 saturated carbocycles. The minimum absolute atomic E-state index is 0.0129. The van der Waals surface area contributed by atoms with E-state index in [1.807, 2.05) is 0 Å². The fraction of sp³-hybridized carbons (Fsp3) is 0.737. The number of hydrogen-bond acceptors (Lipinski definition) is 6. The lowest BCUT2D eigenvalue weighted by molar-refractivity contribution is -0.125. The van der Waals surface area contributed by atoms with Crippen molar-refractivity contribution in [1.29, 1.82) is 0 Å². The van der Waals surface area contributed by atoms with E-state index < -0.39 is 0 Å². The zero-order valence-electron chi connectivity index (χ0n) is 28.6. The molecule has 0 radical (unpaired) electrons. The summed E-state index contributed by atoms with van der Waals surface area (Å²) in [6.45, 7) is 11.1. The van der Waals surface area contributed by atoms with Gasteiger partial charge in [0.15, 0.2) is 6.61 Å². The first-order chi connectivity index (χ1) is 21.5. The van der Waals surface area contributed by atoms with Gasteiger partial charge in [-0.2, -0.15) is 0 Å². The Morgan fingerprint density at radius 1 is 1.07 bits per heavy atom. The van der Waals surface area contributed by atoms with Crippen LogP contribution >= 0.6 is 0 Å². The molecule has 248 valence electrons. The van der Waals surface area contributed by atoms with Gasteiger partial charge in [0.05, 0.1) is 18.9 Å². The summed E-state index contributed by atoms with van der Waals surface area (Å²) in [5.74, 6) is 3.30. The van der Waals surface area contributed by atoms with Gasteiger partial charge in [0.2, 0.25) is 0 Å². The second-order valence-corrected chi connectivity index (χ2v) is 15.9. The zero-order valence-corrected chi connectivity index (χ0v) is 28.6. The zero-order chi connectivity index (χ0) is 32.0. The molecule has 1 heterocycles. The molecule has 1 aromatic carbocycles. The molecule has 2 N–H and O–H groups in total. The number of nitrogens with zero attached hydrogens (tertiary/aromatic N) is 2. The molecular weight excluding hydrogens is 562 g/mol. The van der Waals surface area contributed by atoms with Crippen LogP contribution in [0, 0.1) is 34.5 Å². The van der Waals surface area contributed by atoms with Crippen LogP contribution in [0.4, 0.5) is 0 Å². The van der Waals surface area contributed by atoms with Crippen LogP contribution in [0.3, 0.4) is 0 Å². The number of hydrogen-bond donors (Lipinski definition) is 2. The first-order valence-corrected chi connectivity index (χ1v) is 17.7. The van der Waals surface area contributed by atoms with Crippen molar-refractivity contribution in [3.05, 3.63) is 41.5 Å². The number of carbonyl (C=O) groups is 1. The molecule has 7 heteroatoms. The molecule has 5 aliphatic rings. The van der Waals surface area contributed by atoms with Gasteiger partial charge in [0, 0.05) is 24.5 Å². The predicted octanol–water partition coefficient (Wildman–Crippen LogP) is 6.50. The lowest BCUT2D eigenvalue weighted by Gasteiger charge is -2.57. The number of aliphatic hydroxyl groups is 1. The van der Waals surface area contributed by atoms with Gasteiger partial charge in [-0.15, -0.1) is 0 Å². The minimum atomic E-state index is -0.122. The van der Waals surface area contributed by atoms with Crippen LogP contribution in [0.1, 0.15) is 97.5 Å². The average Bonchev–Trinajstić information content (AvgIpc) is 3.33. The maximum Gasteiger partial charge on any atom is 0.260 e. The van der Waals surface area contributed by atoms with Gasteiger partial charge < -0.3 is 24.9 Å². The number of piperidine rings is 1. The number of carbonyl (C=O) groups excluding carboxylic acids is 1. The molecule has 4 fully saturated rings. The molecule has 0 aromatic heterocycles. The van der Waals surface area contributed by atoms with Crippen molar-refractivity contribution in [2.75, 3.05) is 33.9 Å². The largest absolute Gasteiger partial charge is 0.497 e. The molecule has 1 aliphatic heterocycles. The number of aliphatic hydroxyl groups excluding tert-OH is 1. The summed E-state index contributed by atoms with van der Waals surface area (Å²) in [4.78, 5) is 21.0. The van der Waals surface area contributed by atoms with Gasteiger partial charge in [0.25, 0.3) is 5.91 Å². The van der Waals surface area contributed by atoms with Crippen molar-refractivity contribution in [1.82, 2.24) is 10.2 Å².